The van der Waals surface area contributed by atoms with Crippen LogP contribution >= 0.6 is 0 Å². The second kappa shape index (κ2) is 9.49. The molecule has 0 fully saturated rings. The minimum absolute atomic E-state index is 0.166. The Hall–Kier alpha value is -1.96. The Morgan fingerprint density at radius 1 is 1.11 bits per heavy atom. The van der Waals surface area contributed by atoms with Crippen molar-refractivity contribution in [3.63, 3.8) is 0 Å². The number of rotatable bonds is 8. The molecule has 0 saturated heterocycles. The first kappa shape index (κ1) is 20.8. The molecule has 152 valence electrons. The van der Waals surface area contributed by atoms with Gasteiger partial charge in [0.2, 0.25) is 10.0 Å². The highest BCUT2D eigenvalue weighted by molar-refractivity contribution is 7.89. The highest BCUT2D eigenvalue weighted by atomic mass is 32.2. The molecule has 0 saturated carbocycles. The molecule has 28 heavy (non-hydrogen) atoms. The van der Waals surface area contributed by atoms with E-state index in [0.717, 1.165) is 28.9 Å². The number of hydrogen-bond acceptors (Lipinski definition) is 4. The van der Waals surface area contributed by atoms with Crippen molar-refractivity contribution in [2.24, 2.45) is 0 Å². The molecule has 1 aliphatic heterocycles. The van der Waals surface area contributed by atoms with Crippen molar-refractivity contribution in [1.29, 1.82) is 0 Å². The third kappa shape index (κ3) is 5.53. The molecule has 0 atom stereocenters. The lowest BCUT2D eigenvalue weighted by Crippen LogP contribution is -2.34. The van der Waals surface area contributed by atoms with Crippen LogP contribution in [0.4, 0.5) is 4.39 Å². The van der Waals surface area contributed by atoms with Crippen LogP contribution in [0.25, 0.3) is 0 Å². The molecule has 5 nitrogen and oxygen atoms in total. The van der Waals surface area contributed by atoms with Crippen LogP contribution in [0.15, 0.2) is 42.5 Å². The van der Waals surface area contributed by atoms with E-state index in [0.29, 0.717) is 39.3 Å². The zero-order valence-electron chi connectivity index (χ0n) is 16.1. The summed E-state index contributed by atoms with van der Waals surface area (Å²) in [5, 5.41) is 0. The van der Waals surface area contributed by atoms with Crippen LogP contribution in [0.1, 0.15) is 36.5 Å². The molecule has 0 spiro atoms. The summed E-state index contributed by atoms with van der Waals surface area (Å²) in [6.07, 6.45) is 1.50. The maximum atomic E-state index is 13.0. The van der Waals surface area contributed by atoms with Gasteiger partial charge in [-0.2, -0.15) is 4.31 Å². The molecule has 2 aromatic rings. The van der Waals surface area contributed by atoms with Gasteiger partial charge >= 0.3 is 0 Å². The van der Waals surface area contributed by atoms with Crippen LogP contribution in [0.5, 0.6) is 5.75 Å². The Kier molecular flexibility index (Phi) is 7.04. The summed E-state index contributed by atoms with van der Waals surface area (Å²) >= 11 is 0. The fourth-order valence-electron chi connectivity index (χ4n) is 3.07. The Bertz CT molecular complexity index is 884. The standard InChI is InChI=1S/C21H26FNO4S/c1-2-3-12-28(24,25)23-10-11-27-21-9-6-18(13-19(21)14-23)16-26-15-17-4-7-20(22)8-5-17/h4-9,13H,2-3,10-12,14-16H2,1H3. The lowest BCUT2D eigenvalue weighted by molar-refractivity contribution is 0.107. The normalized spacial score (nSPS) is 14.9. The van der Waals surface area contributed by atoms with E-state index in [-0.39, 0.29) is 11.6 Å². The van der Waals surface area contributed by atoms with E-state index in [1.54, 1.807) is 12.1 Å². The van der Waals surface area contributed by atoms with E-state index in [1.165, 1.54) is 16.4 Å². The third-order valence-electron chi connectivity index (χ3n) is 4.67. The Balaban J connectivity index is 1.65. The third-order valence-corrected chi connectivity index (χ3v) is 6.57. The lowest BCUT2D eigenvalue weighted by atomic mass is 10.1. The van der Waals surface area contributed by atoms with Crippen molar-refractivity contribution >= 4 is 10.0 Å². The van der Waals surface area contributed by atoms with Gasteiger partial charge in [-0.25, -0.2) is 12.8 Å². The molecule has 7 heteroatoms. The first-order valence-corrected chi connectivity index (χ1v) is 11.1. The number of unbranched alkanes of at least 4 members (excludes halogenated alkanes) is 1. The van der Waals surface area contributed by atoms with Gasteiger partial charge in [-0.1, -0.05) is 31.5 Å². The van der Waals surface area contributed by atoms with Gasteiger partial charge in [0.15, 0.2) is 0 Å². The molecular weight excluding hydrogens is 381 g/mol. The minimum Gasteiger partial charge on any atom is -0.492 e. The molecule has 0 N–H and O–H groups in total. The largest absolute Gasteiger partial charge is 0.492 e. The molecule has 1 aliphatic rings. The predicted molar refractivity (Wildman–Crippen MR) is 106 cm³/mol. The molecule has 0 aliphatic carbocycles. The van der Waals surface area contributed by atoms with Crippen molar-refractivity contribution < 1.29 is 22.3 Å². The summed E-state index contributed by atoms with van der Waals surface area (Å²) in [5.74, 6) is 0.614. The summed E-state index contributed by atoms with van der Waals surface area (Å²) in [5.41, 5.74) is 2.69. The van der Waals surface area contributed by atoms with E-state index < -0.39 is 10.0 Å². The molecule has 0 unspecified atom stereocenters. The van der Waals surface area contributed by atoms with Gasteiger partial charge in [0.05, 0.1) is 19.0 Å². The van der Waals surface area contributed by atoms with Gasteiger partial charge < -0.3 is 9.47 Å². The van der Waals surface area contributed by atoms with Crippen LogP contribution in [0, 0.1) is 5.82 Å². The van der Waals surface area contributed by atoms with Gasteiger partial charge in [0.25, 0.3) is 0 Å². The number of hydrogen-bond donors (Lipinski definition) is 0. The molecule has 0 aromatic heterocycles. The van der Waals surface area contributed by atoms with E-state index in [1.807, 2.05) is 25.1 Å². The average Bonchev–Trinajstić information content (AvgIpc) is 2.90. The number of sulfonamides is 1. The first-order chi connectivity index (χ1) is 13.5. The van der Waals surface area contributed by atoms with Gasteiger partial charge in [-0.3, -0.25) is 0 Å². The van der Waals surface area contributed by atoms with Crippen molar-refractivity contribution in [2.45, 2.75) is 39.5 Å². The molecule has 0 radical (unpaired) electrons. The monoisotopic (exact) mass is 407 g/mol. The first-order valence-electron chi connectivity index (χ1n) is 9.52. The second-order valence-corrected chi connectivity index (χ2v) is 9.00. The number of fused-ring (bicyclic) bond motifs is 1. The maximum absolute atomic E-state index is 13.0. The fourth-order valence-corrected chi connectivity index (χ4v) is 4.67. The van der Waals surface area contributed by atoms with Crippen molar-refractivity contribution in [2.75, 3.05) is 18.9 Å². The number of ether oxygens (including phenoxy) is 2. The summed E-state index contributed by atoms with van der Waals surface area (Å²) in [6.45, 7) is 3.76. The van der Waals surface area contributed by atoms with Gasteiger partial charge in [0.1, 0.15) is 18.2 Å². The predicted octanol–water partition coefficient (Wildman–Crippen LogP) is 3.87. The average molecular weight is 408 g/mol. The Morgan fingerprint density at radius 2 is 1.82 bits per heavy atom. The summed E-state index contributed by atoms with van der Waals surface area (Å²) < 4.78 is 51.0. The van der Waals surface area contributed by atoms with Crippen molar-refractivity contribution in [3.05, 3.63) is 65.0 Å². The fraction of sp³-hybridized carbons (Fsp3) is 0.429. The van der Waals surface area contributed by atoms with E-state index >= 15 is 0 Å². The lowest BCUT2D eigenvalue weighted by Gasteiger charge is -2.19. The van der Waals surface area contributed by atoms with Crippen LogP contribution in [0.2, 0.25) is 0 Å². The van der Waals surface area contributed by atoms with E-state index in [4.69, 9.17) is 9.47 Å². The van der Waals surface area contributed by atoms with Gasteiger partial charge in [-0.15, -0.1) is 0 Å². The van der Waals surface area contributed by atoms with Crippen LogP contribution in [0.3, 0.4) is 0 Å². The number of nitrogens with zero attached hydrogens (tertiary/aromatic N) is 1. The molecule has 0 amide bonds. The molecule has 3 rings (SSSR count). The second-order valence-electron chi connectivity index (χ2n) is 6.91. The highest BCUT2D eigenvalue weighted by Gasteiger charge is 2.25. The van der Waals surface area contributed by atoms with Gasteiger partial charge in [0, 0.05) is 18.7 Å². The quantitative estimate of drug-likeness (QED) is 0.667. The van der Waals surface area contributed by atoms with Crippen molar-refractivity contribution in [3.8, 4) is 5.75 Å². The molecule has 1 heterocycles. The smallest absolute Gasteiger partial charge is 0.214 e. The van der Waals surface area contributed by atoms with Crippen LogP contribution in [-0.2, 0) is 34.5 Å². The minimum atomic E-state index is -3.29. The zero-order valence-corrected chi connectivity index (χ0v) is 16.9. The van der Waals surface area contributed by atoms with E-state index in [2.05, 4.69) is 0 Å². The Labute approximate surface area is 166 Å². The SMILES string of the molecule is CCCCS(=O)(=O)N1CCOc2ccc(COCc3ccc(F)cc3)cc2C1. The number of halogens is 1. The molecule has 2 aromatic carbocycles. The highest BCUT2D eigenvalue weighted by Crippen LogP contribution is 2.26. The van der Waals surface area contributed by atoms with Gasteiger partial charge in [-0.05, 0) is 41.8 Å². The topological polar surface area (TPSA) is 55.8 Å². The summed E-state index contributed by atoms with van der Waals surface area (Å²) in [4.78, 5) is 0. The zero-order chi connectivity index (χ0) is 20.0. The molecule has 0 bridgehead atoms. The maximum Gasteiger partial charge on any atom is 0.214 e. The van der Waals surface area contributed by atoms with Crippen LogP contribution < -0.4 is 4.74 Å². The Morgan fingerprint density at radius 3 is 2.57 bits per heavy atom. The van der Waals surface area contributed by atoms with E-state index in [9.17, 15) is 12.8 Å². The van der Waals surface area contributed by atoms with Crippen molar-refractivity contribution in [1.82, 2.24) is 4.31 Å². The number of benzene rings is 2. The van der Waals surface area contributed by atoms with Crippen LogP contribution in [-0.4, -0.2) is 31.6 Å². The molecular formula is C21H26FNO4S. The summed E-state index contributed by atoms with van der Waals surface area (Å²) in [7, 11) is -3.29. The summed E-state index contributed by atoms with van der Waals surface area (Å²) in [6, 6.07) is 11.9.